The highest BCUT2D eigenvalue weighted by atomic mass is 16.3. The summed E-state index contributed by atoms with van der Waals surface area (Å²) in [4.78, 5) is 14.5. The molecule has 1 atom stereocenters. The molecule has 1 unspecified atom stereocenters. The number of amides is 1. The van der Waals surface area contributed by atoms with Crippen LogP contribution in [-0.2, 0) is 12.8 Å². The molecule has 1 aromatic heterocycles. The number of nitrogens with zero attached hydrogens (tertiary/aromatic N) is 2. The van der Waals surface area contributed by atoms with Gasteiger partial charge in [-0.15, -0.1) is 0 Å². The van der Waals surface area contributed by atoms with E-state index < -0.39 is 0 Å². The average Bonchev–Trinajstić information content (AvgIpc) is 3.15. The van der Waals surface area contributed by atoms with Gasteiger partial charge in [0.15, 0.2) is 5.69 Å². The molecule has 5 nitrogen and oxygen atoms in total. The summed E-state index contributed by atoms with van der Waals surface area (Å²) in [5, 5.41) is 16.6. The Kier molecular flexibility index (Phi) is 4.24. The van der Waals surface area contributed by atoms with E-state index >= 15 is 0 Å². The molecule has 1 aliphatic carbocycles. The smallest absolute Gasteiger partial charge is 0.274 e. The lowest BCUT2D eigenvalue weighted by Crippen LogP contribution is -2.32. The van der Waals surface area contributed by atoms with Crippen molar-refractivity contribution in [2.75, 3.05) is 13.7 Å². The predicted octanol–water partition coefficient (Wildman–Crippen LogP) is 2.09. The molecule has 2 N–H and O–H groups in total. The van der Waals surface area contributed by atoms with E-state index in [4.69, 9.17) is 0 Å². The second-order valence-electron chi connectivity index (χ2n) is 5.74. The number of hydrogen-bond donors (Lipinski definition) is 2. The molecular weight excluding hydrogens is 278 g/mol. The Hall–Kier alpha value is -2.14. The van der Waals surface area contributed by atoms with E-state index in [1.807, 2.05) is 30.3 Å². The molecule has 1 aliphatic rings. The zero-order valence-electron chi connectivity index (χ0n) is 12.7. The number of rotatable bonds is 5. The van der Waals surface area contributed by atoms with Crippen molar-refractivity contribution in [3.05, 3.63) is 52.8 Å². The van der Waals surface area contributed by atoms with Crippen LogP contribution < -0.4 is 0 Å². The minimum atomic E-state index is -0.146. The zero-order chi connectivity index (χ0) is 15.5. The van der Waals surface area contributed by atoms with Gasteiger partial charge in [-0.2, -0.15) is 5.10 Å². The van der Waals surface area contributed by atoms with Crippen molar-refractivity contribution in [1.82, 2.24) is 15.1 Å². The summed E-state index contributed by atoms with van der Waals surface area (Å²) in [5.74, 6) is -0.0818. The Morgan fingerprint density at radius 3 is 2.86 bits per heavy atom. The first kappa shape index (κ1) is 14.8. The van der Waals surface area contributed by atoms with Crippen LogP contribution in [0, 0.1) is 0 Å². The van der Waals surface area contributed by atoms with Crippen LogP contribution in [0.5, 0.6) is 0 Å². The summed E-state index contributed by atoms with van der Waals surface area (Å²) in [5.41, 5.74) is 3.72. The lowest BCUT2D eigenvalue weighted by Gasteiger charge is -2.28. The topological polar surface area (TPSA) is 69.2 Å². The number of aliphatic hydroxyl groups is 1. The molecule has 5 heteroatoms. The monoisotopic (exact) mass is 299 g/mol. The summed E-state index contributed by atoms with van der Waals surface area (Å²) in [6, 6.07) is 9.67. The first-order valence-corrected chi connectivity index (χ1v) is 7.71. The lowest BCUT2D eigenvalue weighted by atomic mass is 10.0. The van der Waals surface area contributed by atoms with Crippen LogP contribution in [0.3, 0.4) is 0 Å². The van der Waals surface area contributed by atoms with Crippen LogP contribution in [-0.4, -0.2) is 39.8 Å². The van der Waals surface area contributed by atoms with E-state index in [2.05, 4.69) is 10.2 Å². The highest BCUT2D eigenvalue weighted by Crippen LogP contribution is 2.28. The minimum Gasteiger partial charge on any atom is -0.396 e. The summed E-state index contributed by atoms with van der Waals surface area (Å²) in [6.07, 6.45) is 3.47. The second-order valence-corrected chi connectivity index (χ2v) is 5.74. The summed E-state index contributed by atoms with van der Waals surface area (Å²) in [7, 11) is 1.78. The van der Waals surface area contributed by atoms with Crippen molar-refractivity contribution in [2.45, 2.75) is 31.7 Å². The molecule has 0 aliphatic heterocycles. The average molecular weight is 299 g/mol. The van der Waals surface area contributed by atoms with E-state index in [-0.39, 0.29) is 18.6 Å². The molecule has 1 amide bonds. The third kappa shape index (κ3) is 2.64. The molecule has 3 rings (SSSR count). The largest absolute Gasteiger partial charge is 0.396 e. The quantitative estimate of drug-likeness (QED) is 0.888. The Morgan fingerprint density at radius 2 is 2.14 bits per heavy atom. The Labute approximate surface area is 130 Å². The van der Waals surface area contributed by atoms with Gasteiger partial charge in [0.05, 0.1) is 6.04 Å². The van der Waals surface area contributed by atoms with Crippen LogP contribution in [0.1, 0.15) is 46.2 Å². The molecule has 116 valence electrons. The van der Waals surface area contributed by atoms with Crippen molar-refractivity contribution >= 4 is 5.91 Å². The van der Waals surface area contributed by atoms with Crippen LogP contribution in [0.25, 0.3) is 0 Å². The number of fused-ring (bicyclic) bond motifs is 1. The van der Waals surface area contributed by atoms with Gasteiger partial charge in [0.2, 0.25) is 0 Å². The van der Waals surface area contributed by atoms with Crippen LogP contribution in [0.2, 0.25) is 0 Å². The van der Waals surface area contributed by atoms with Crippen LogP contribution in [0.4, 0.5) is 0 Å². The number of carbonyl (C=O) groups is 1. The molecule has 0 spiro atoms. The summed E-state index contributed by atoms with van der Waals surface area (Å²) < 4.78 is 0. The fraction of sp³-hybridized carbons (Fsp3) is 0.412. The van der Waals surface area contributed by atoms with E-state index in [9.17, 15) is 9.90 Å². The molecular formula is C17H21N3O2. The molecule has 0 fully saturated rings. The maximum absolute atomic E-state index is 12.8. The maximum atomic E-state index is 12.8. The highest BCUT2D eigenvalue weighted by molar-refractivity contribution is 5.94. The van der Waals surface area contributed by atoms with Gasteiger partial charge in [-0.1, -0.05) is 30.3 Å². The van der Waals surface area contributed by atoms with Crippen molar-refractivity contribution in [3.8, 4) is 0 Å². The zero-order valence-corrected chi connectivity index (χ0v) is 12.7. The fourth-order valence-corrected chi connectivity index (χ4v) is 3.19. The van der Waals surface area contributed by atoms with Gasteiger partial charge in [-0.25, -0.2) is 0 Å². The van der Waals surface area contributed by atoms with E-state index in [1.54, 1.807) is 11.9 Å². The number of aryl methyl sites for hydroxylation is 1. The number of aliphatic hydroxyl groups excluding tert-OH is 1. The first-order valence-electron chi connectivity index (χ1n) is 7.71. The number of aromatic nitrogens is 2. The predicted molar refractivity (Wildman–Crippen MR) is 83.6 cm³/mol. The van der Waals surface area contributed by atoms with Crippen molar-refractivity contribution in [3.63, 3.8) is 0 Å². The molecule has 1 aromatic carbocycles. The molecule has 22 heavy (non-hydrogen) atoms. The van der Waals surface area contributed by atoms with Gasteiger partial charge in [0, 0.05) is 24.9 Å². The van der Waals surface area contributed by atoms with Gasteiger partial charge < -0.3 is 10.0 Å². The van der Waals surface area contributed by atoms with Gasteiger partial charge in [-0.3, -0.25) is 9.89 Å². The number of nitrogens with one attached hydrogen (secondary N) is 1. The minimum absolute atomic E-state index is 0.0376. The Balaban J connectivity index is 1.86. The standard InChI is InChI=1S/C17H21N3O2/c1-20(15(10-11-21)12-6-3-2-4-7-12)17(22)16-13-8-5-9-14(13)18-19-16/h2-4,6-7,15,21H,5,8-11H2,1H3,(H,18,19). The summed E-state index contributed by atoms with van der Waals surface area (Å²) in [6.45, 7) is 0.0376. The SMILES string of the molecule is CN(C(=O)c1n[nH]c2c1CCC2)C(CCO)c1ccccc1. The van der Waals surface area contributed by atoms with Gasteiger partial charge in [-0.05, 0) is 31.2 Å². The van der Waals surface area contributed by atoms with Crippen molar-refractivity contribution < 1.29 is 9.90 Å². The lowest BCUT2D eigenvalue weighted by molar-refractivity contribution is 0.0698. The number of hydrogen-bond acceptors (Lipinski definition) is 3. The fourth-order valence-electron chi connectivity index (χ4n) is 3.19. The molecule has 2 aromatic rings. The Morgan fingerprint density at radius 1 is 1.36 bits per heavy atom. The van der Waals surface area contributed by atoms with Crippen LogP contribution >= 0.6 is 0 Å². The maximum Gasteiger partial charge on any atom is 0.274 e. The highest BCUT2D eigenvalue weighted by Gasteiger charge is 2.28. The number of aromatic amines is 1. The second kappa shape index (κ2) is 6.32. The third-order valence-corrected chi connectivity index (χ3v) is 4.38. The van der Waals surface area contributed by atoms with E-state index in [1.165, 1.54) is 0 Å². The third-order valence-electron chi connectivity index (χ3n) is 4.38. The van der Waals surface area contributed by atoms with E-state index in [0.717, 1.165) is 36.1 Å². The van der Waals surface area contributed by atoms with Crippen LogP contribution in [0.15, 0.2) is 30.3 Å². The van der Waals surface area contributed by atoms with Gasteiger partial charge >= 0.3 is 0 Å². The first-order chi connectivity index (χ1) is 10.7. The van der Waals surface area contributed by atoms with Crippen molar-refractivity contribution in [2.24, 2.45) is 0 Å². The molecule has 0 saturated heterocycles. The number of carbonyl (C=O) groups excluding carboxylic acids is 1. The molecule has 0 saturated carbocycles. The molecule has 0 bridgehead atoms. The number of benzene rings is 1. The van der Waals surface area contributed by atoms with Crippen molar-refractivity contribution in [1.29, 1.82) is 0 Å². The summed E-state index contributed by atoms with van der Waals surface area (Å²) >= 11 is 0. The number of H-pyrrole nitrogens is 1. The normalized spacial score (nSPS) is 14.6. The molecule has 0 radical (unpaired) electrons. The Bertz CT molecular complexity index is 651. The van der Waals surface area contributed by atoms with E-state index in [0.29, 0.717) is 12.1 Å². The van der Waals surface area contributed by atoms with Gasteiger partial charge in [0.1, 0.15) is 0 Å². The molecule has 1 heterocycles. The van der Waals surface area contributed by atoms with Gasteiger partial charge in [0.25, 0.3) is 5.91 Å².